The van der Waals surface area contributed by atoms with Crippen molar-refractivity contribution in [3.05, 3.63) is 87.6 Å². The molecule has 1 saturated heterocycles. The van der Waals surface area contributed by atoms with Gasteiger partial charge in [0.25, 0.3) is 11.5 Å². The molecule has 40 heavy (non-hydrogen) atoms. The second-order valence-electron chi connectivity index (χ2n) is 9.14. The van der Waals surface area contributed by atoms with Crippen LogP contribution in [0.15, 0.2) is 59.5 Å². The fraction of sp³-hybridized carbons (Fsp3) is 0.321. The molecule has 2 amide bonds. The van der Waals surface area contributed by atoms with Crippen LogP contribution in [0.5, 0.6) is 11.5 Å². The van der Waals surface area contributed by atoms with Crippen molar-refractivity contribution in [1.82, 2.24) is 9.88 Å². The first-order valence-corrected chi connectivity index (χ1v) is 12.3. The number of nitrogens with one attached hydrogen (secondary N) is 1. The van der Waals surface area contributed by atoms with E-state index in [-0.39, 0.29) is 48.0 Å². The molecule has 2 aromatic carbocycles. The van der Waals surface area contributed by atoms with Crippen molar-refractivity contribution < 1.29 is 37.0 Å². The van der Waals surface area contributed by atoms with Crippen molar-refractivity contribution in [2.75, 3.05) is 32.3 Å². The van der Waals surface area contributed by atoms with Crippen LogP contribution in [0.3, 0.4) is 0 Å². The Morgan fingerprint density at radius 1 is 1.07 bits per heavy atom. The molecule has 0 saturated carbocycles. The Hall–Kier alpha value is -4.32. The maximum atomic E-state index is 15.2. The summed E-state index contributed by atoms with van der Waals surface area (Å²) in [7, 11) is 2.90. The summed E-state index contributed by atoms with van der Waals surface area (Å²) >= 11 is 0. The van der Waals surface area contributed by atoms with E-state index in [9.17, 15) is 23.2 Å². The quantitative estimate of drug-likeness (QED) is 0.409. The number of hydrogen-bond acceptors (Lipinski definition) is 6. The van der Waals surface area contributed by atoms with E-state index < -0.39 is 41.8 Å². The predicted octanol–water partition coefficient (Wildman–Crippen LogP) is 3.48. The van der Waals surface area contributed by atoms with Gasteiger partial charge in [-0.05, 0) is 54.4 Å². The van der Waals surface area contributed by atoms with E-state index >= 15 is 4.39 Å². The van der Waals surface area contributed by atoms with Gasteiger partial charge >= 0.3 is 6.61 Å². The zero-order valence-corrected chi connectivity index (χ0v) is 22.0. The van der Waals surface area contributed by atoms with Gasteiger partial charge in [-0.3, -0.25) is 14.4 Å². The first kappa shape index (κ1) is 28.7. The summed E-state index contributed by atoms with van der Waals surface area (Å²) in [6, 6.07) is 9.56. The molecule has 2 atom stereocenters. The highest BCUT2D eigenvalue weighted by Crippen LogP contribution is 2.35. The highest BCUT2D eigenvalue weighted by molar-refractivity contribution is 6.05. The maximum absolute atomic E-state index is 15.2. The second kappa shape index (κ2) is 12.2. The van der Waals surface area contributed by atoms with Gasteiger partial charge in [0.2, 0.25) is 5.91 Å². The highest BCUT2D eigenvalue weighted by Gasteiger charge is 2.45. The summed E-state index contributed by atoms with van der Waals surface area (Å²) in [5, 5.41) is 2.65. The number of carbonyl (C=O) groups excluding carboxylic acids is 2. The molecule has 3 aromatic rings. The SMILES string of the molecule is COCCn1ccc(C)c(N2C[C@@H](c3ccc(OC)cc3F)[C@H](NC(=O)c3ccc(OC(F)F)cc3)C2=O)c1=O. The summed E-state index contributed by atoms with van der Waals surface area (Å²) in [6.45, 7) is -0.897. The number of halogens is 3. The van der Waals surface area contributed by atoms with Gasteiger partial charge in [-0.15, -0.1) is 0 Å². The highest BCUT2D eigenvalue weighted by atomic mass is 19.3. The predicted molar refractivity (Wildman–Crippen MR) is 140 cm³/mol. The maximum Gasteiger partial charge on any atom is 0.387 e. The zero-order valence-electron chi connectivity index (χ0n) is 22.0. The minimum Gasteiger partial charge on any atom is -0.497 e. The van der Waals surface area contributed by atoms with Crippen LogP contribution in [-0.4, -0.2) is 56.4 Å². The van der Waals surface area contributed by atoms with Crippen molar-refractivity contribution in [2.45, 2.75) is 32.0 Å². The smallest absolute Gasteiger partial charge is 0.387 e. The molecule has 0 spiro atoms. The van der Waals surface area contributed by atoms with Gasteiger partial charge in [-0.2, -0.15) is 8.78 Å². The lowest BCUT2D eigenvalue weighted by Crippen LogP contribution is -2.44. The summed E-state index contributed by atoms with van der Waals surface area (Å²) in [6.07, 6.45) is 1.60. The van der Waals surface area contributed by atoms with Crippen molar-refractivity contribution >= 4 is 17.5 Å². The van der Waals surface area contributed by atoms with Crippen LogP contribution in [0.25, 0.3) is 0 Å². The molecule has 1 aromatic heterocycles. The molecule has 0 aliphatic carbocycles. The largest absolute Gasteiger partial charge is 0.497 e. The molecule has 0 bridgehead atoms. The number of alkyl halides is 2. The minimum absolute atomic E-state index is 0.0691. The van der Waals surface area contributed by atoms with Gasteiger partial charge < -0.3 is 29.0 Å². The standard InChI is InChI=1S/C28H28F3N3O6/c1-16-10-11-33(12-13-38-2)27(37)24(16)34-15-21(20-9-8-19(39-3)14-22(20)29)23(26(34)36)32-25(35)17-4-6-18(7-5-17)40-28(30)31/h4-11,14,21,23,28H,12-13,15H2,1-3H3,(H,32,35)/t21-,23-/m0/s1. The molecule has 12 heteroatoms. The molecule has 2 heterocycles. The number of carbonyl (C=O) groups is 2. The van der Waals surface area contributed by atoms with E-state index in [1.807, 2.05) is 0 Å². The zero-order chi connectivity index (χ0) is 29.0. The van der Waals surface area contributed by atoms with E-state index in [0.717, 1.165) is 0 Å². The number of amides is 2. The summed E-state index contributed by atoms with van der Waals surface area (Å²) in [4.78, 5) is 41.5. The number of aromatic nitrogens is 1. The number of benzene rings is 2. The number of anilines is 1. The van der Waals surface area contributed by atoms with E-state index in [4.69, 9.17) is 9.47 Å². The third kappa shape index (κ3) is 5.96. The third-order valence-electron chi connectivity index (χ3n) is 6.70. The summed E-state index contributed by atoms with van der Waals surface area (Å²) < 4.78 is 56.1. The first-order chi connectivity index (χ1) is 19.1. The van der Waals surface area contributed by atoms with Crippen LogP contribution >= 0.6 is 0 Å². The Kier molecular flexibility index (Phi) is 8.78. The van der Waals surface area contributed by atoms with Gasteiger partial charge in [0.1, 0.15) is 29.0 Å². The van der Waals surface area contributed by atoms with Crippen LogP contribution in [-0.2, 0) is 16.1 Å². The molecule has 1 N–H and O–H groups in total. The monoisotopic (exact) mass is 559 g/mol. The number of rotatable bonds is 10. The average Bonchev–Trinajstić information content (AvgIpc) is 3.23. The summed E-state index contributed by atoms with van der Waals surface area (Å²) in [5.74, 6) is -2.67. The molecular weight excluding hydrogens is 531 g/mol. The van der Waals surface area contributed by atoms with Crippen LogP contribution < -0.4 is 25.2 Å². The van der Waals surface area contributed by atoms with Gasteiger partial charge in [-0.1, -0.05) is 6.07 Å². The molecule has 1 aliphatic heterocycles. The molecule has 1 fully saturated rings. The number of methoxy groups -OCH3 is 2. The van der Waals surface area contributed by atoms with Gasteiger partial charge in [0.05, 0.1) is 13.7 Å². The van der Waals surface area contributed by atoms with Crippen molar-refractivity contribution in [1.29, 1.82) is 0 Å². The Balaban J connectivity index is 1.71. The van der Waals surface area contributed by atoms with Crippen molar-refractivity contribution in [3.8, 4) is 11.5 Å². The molecule has 4 rings (SSSR count). The third-order valence-corrected chi connectivity index (χ3v) is 6.70. The van der Waals surface area contributed by atoms with Crippen LogP contribution in [0.4, 0.5) is 18.9 Å². The summed E-state index contributed by atoms with van der Waals surface area (Å²) in [5.41, 5.74) is 0.437. The van der Waals surface area contributed by atoms with Crippen LogP contribution in [0.1, 0.15) is 27.4 Å². The number of aryl methyl sites for hydroxylation is 1. The minimum atomic E-state index is -3.03. The fourth-order valence-electron chi connectivity index (χ4n) is 4.67. The lowest BCUT2D eigenvalue weighted by Gasteiger charge is -2.20. The molecule has 1 aliphatic rings. The van der Waals surface area contributed by atoms with Crippen molar-refractivity contribution in [2.24, 2.45) is 0 Å². The van der Waals surface area contributed by atoms with Crippen LogP contribution in [0, 0.1) is 12.7 Å². The van der Waals surface area contributed by atoms with Crippen molar-refractivity contribution in [3.63, 3.8) is 0 Å². The van der Waals surface area contributed by atoms with Gasteiger partial charge in [0, 0.05) is 43.9 Å². The molecule has 0 radical (unpaired) electrons. The second-order valence-corrected chi connectivity index (χ2v) is 9.14. The Labute approximate surface area is 228 Å². The number of pyridine rings is 1. The topological polar surface area (TPSA) is 99.1 Å². The molecule has 9 nitrogen and oxygen atoms in total. The van der Waals surface area contributed by atoms with E-state index in [1.54, 1.807) is 19.2 Å². The molecular formula is C28H28F3N3O6. The van der Waals surface area contributed by atoms with E-state index in [2.05, 4.69) is 10.1 Å². The molecule has 0 unspecified atom stereocenters. The average molecular weight is 560 g/mol. The van der Waals surface area contributed by atoms with Gasteiger partial charge in [-0.25, -0.2) is 4.39 Å². The number of hydrogen-bond donors (Lipinski definition) is 1. The number of ether oxygens (including phenoxy) is 3. The molecule has 212 valence electrons. The Morgan fingerprint density at radius 2 is 1.77 bits per heavy atom. The fourth-order valence-corrected chi connectivity index (χ4v) is 4.67. The first-order valence-electron chi connectivity index (χ1n) is 12.3. The number of nitrogens with zero attached hydrogens (tertiary/aromatic N) is 2. The van der Waals surface area contributed by atoms with Gasteiger partial charge in [0.15, 0.2) is 0 Å². The lowest BCUT2D eigenvalue weighted by atomic mass is 9.93. The Morgan fingerprint density at radius 3 is 2.40 bits per heavy atom. The van der Waals surface area contributed by atoms with E-state index in [0.29, 0.717) is 5.56 Å². The lowest BCUT2D eigenvalue weighted by molar-refractivity contribution is -0.118. The van der Waals surface area contributed by atoms with Crippen LogP contribution in [0.2, 0.25) is 0 Å². The Bertz CT molecular complexity index is 1440. The van der Waals surface area contributed by atoms with E-state index in [1.165, 1.54) is 66.2 Å². The normalized spacial score (nSPS) is 16.9.